The largest absolute Gasteiger partial charge is 0.493 e. The Bertz CT molecular complexity index is 838. The number of benzene rings is 1. The fourth-order valence-corrected chi connectivity index (χ4v) is 5.25. The van der Waals surface area contributed by atoms with Crippen LogP contribution in [0.3, 0.4) is 0 Å². The molecule has 0 amide bonds. The van der Waals surface area contributed by atoms with Gasteiger partial charge >= 0.3 is 0 Å². The van der Waals surface area contributed by atoms with Crippen LogP contribution in [0.4, 0.5) is 0 Å². The van der Waals surface area contributed by atoms with Gasteiger partial charge in [-0.2, -0.15) is 0 Å². The predicted molar refractivity (Wildman–Crippen MR) is 115 cm³/mol. The average Bonchev–Trinajstić information content (AvgIpc) is 2.63. The normalized spacial score (nSPS) is 22.2. The van der Waals surface area contributed by atoms with Gasteiger partial charge in [0, 0.05) is 31.6 Å². The third-order valence-electron chi connectivity index (χ3n) is 6.51. The van der Waals surface area contributed by atoms with E-state index in [2.05, 4.69) is 0 Å². The molecule has 2 fully saturated rings. The van der Waals surface area contributed by atoms with Crippen molar-refractivity contribution < 1.29 is 28.7 Å². The summed E-state index contributed by atoms with van der Waals surface area (Å²) >= 11 is 0. The van der Waals surface area contributed by atoms with Crippen molar-refractivity contribution in [2.45, 2.75) is 59.3 Å². The number of ketones is 4. The fourth-order valence-electron chi connectivity index (χ4n) is 5.25. The minimum absolute atomic E-state index is 0.202. The highest BCUT2D eigenvalue weighted by Crippen LogP contribution is 2.48. The lowest BCUT2D eigenvalue weighted by molar-refractivity contribution is -0.145. The number of rotatable bonds is 5. The zero-order valence-electron chi connectivity index (χ0n) is 19.2. The van der Waals surface area contributed by atoms with E-state index in [0.29, 0.717) is 17.1 Å². The minimum atomic E-state index is -1.01. The number of hydrogen-bond donors (Lipinski definition) is 0. The van der Waals surface area contributed by atoms with Gasteiger partial charge in [-0.3, -0.25) is 19.2 Å². The van der Waals surface area contributed by atoms with Crippen LogP contribution in [0.15, 0.2) is 18.2 Å². The van der Waals surface area contributed by atoms with E-state index in [1.165, 1.54) is 14.2 Å². The maximum absolute atomic E-state index is 13.2. The van der Waals surface area contributed by atoms with Gasteiger partial charge in [-0.25, -0.2) is 0 Å². The Kier molecular flexibility index (Phi) is 6.14. The molecule has 31 heavy (non-hydrogen) atoms. The van der Waals surface area contributed by atoms with E-state index in [9.17, 15) is 19.2 Å². The second-order valence-corrected chi connectivity index (χ2v) is 10.5. The highest BCUT2D eigenvalue weighted by atomic mass is 16.5. The quantitative estimate of drug-likeness (QED) is 0.661. The van der Waals surface area contributed by atoms with Crippen LogP contribution in [-0.4, -0.2) is 37.4 Å². The van der Waals surface area contributed by atoms with Gasteiger partial charge in [0.1, 0.15) is 23.1 Å². The van der Waals surface area contributed by atoms with Crippen LogP contribution in [0.1, 0.15) is 64.9 Å². The summed E-state index contributed by atoms with van der Waals surface area (Å²) in [6.07, 6.45) is 0.975. The van der Waals surface area contributed by atoms with Gasteiger partial charge < -0.3 is 9.47 Å². The summed E-state index contributed by atoms with van der Waals surface area (Å²) in [5.41, 5.74) is -0.263. The summed E-state index contributed by atoms with van der Waals surface area (Å²) in [5.74, 6) is -2.73. The smallest absolute Gasteiger partial charge is 0.160 e. The van der Waals surface area contributed by atoms with Gasteiger partial charge in [0.15, 0.2) is 11.5 Å². The van der Waals surface area contributed by atoms with Crippen molar-refractivity contribution in [1.29, 1.82) is 0 Å². The number of carbonyl (C=O) groups excluding carboxylic acids is 4. The molecule has 2 saturated carbocycles. The molecule has 0 radical (unpaired) electrons. The molecule has 6 nitrogen and oxygen atoms in total. The Morgan fingerprint density at radius 2 is 1.10 bits per heavy atom. The highest BCUT2D eigenvalue weighted by molar-refractivity contribution is 6.11. The molecule has 168 valence electrons. The van der Waals surface area contributed by atoms with Crippen molar-refractivity contribution in [3.63, 3.8) is 0 Å². The molecular weight excluding hydrogens is 396 g/mol. The lowest BCUT2D eigenvalue weighted by Gasteiger charge is -2.41. The second-order valence-electron chi connectivity index (χ2n) is 10.5. The Morgan fingerprint density at radius 1 is 0.710 bits per heavy atom. The van der Waals surface area contributed by atoms with Gasteiger partial charge in [-0.05, 0) is 28.5 Å². The zero-order chi connectivity index (χ0) is 23.1. The van der Waals surface area contributed by atoms with E-state index >= 15 is 0 Å². The first-order valence-electron chi connectivity index (χ1n) is 10.7. The monoisotopic (exact) mass is 428 g/mol. The molecule has 6 heteroatoms. The molecular formula is C25H32O6. The lowest BCUT2D eigenvalue weighted by atomic mass is 9.59. The summed E-state index contributed by atoms with van der Waals surface area (Å²) in [6.45, 7) is 7.57. The van der Waals surface area contributed by atoms with Crippen molar-refractivity contribution in [2.75, 3.05) is 14.2 Å². The van der Waals surface area contributed by atoms with Gasteiger partial charge in [-0.1, -0.05) is 33.8 Å². The molecule has 0 bridgehead atoms. The van der Waals surface area contributed by atoms with Crippen molar-refractivity contribution in [1.82, 2.24) is 0 Å². The standard InChI is InChI=1S/C25H32O6/c1-24(2)10-15(26)22(16(27)11-24)21(14-7-8-19(30-5)20(9-14)31-6)23-17(28)12-25(3,4)13-18(23)29/h7-9,21-23H,10-13H2,1-6H3. The molecule has 0 spiro atoms. The van der Waals surface area contributed by atoms with Crippen LogP contribution >= 0.6 is 0 Å². The van der Waals surface area contributed by atoms with E-state index in [1.807, 2.05) is 27.7 Å². The Hall–Kier alpha value is -2.50. The molecule has 1 aromatic rings. The summed E-state index contributed by atoms with van der Waals surface area (Å²) in [5, 5.41) is 0. The van der Waals surface area contributed by atoms with E-state index in [1.54, 1.807) is 18.2 Å². The average molecular weight is 429 g/mol. The van der Waals surface area contributed by atoms with Crippen LogP contribution in [0, 0.1) is 22.7 Å². The molecule has 3 rings (SSSR count). The lowest BCUT2D eigenvalue weighted by Crippen LogP contribution is -2.48. The molecule has 0 atom stereocenters. The SMILES string of the molecule is COc1ccc(C(C2C(=O)CC(C)(C)CC2=O)C2C(=O)CC(C)(C)CC2=O)cc1OC. The Balaban J connectivity index is 2.13. The summed E-state index contributed by atoms with van der Waals surface area (Å²) < 4.78 is 10.7. The molecule has 0 aromatic heterocycles. The summed E-state index contributed by atoms with van der Waals surface area (Å²) in [7, 11) is 3.01. The van der Waals surface area contributed by atoms with Crippen molar-refractivity contribution in [2.24, 2.45) is 22.7 Å². The number of methoxy groups -OCH3 is 2. The maximum atomic E-state index is 13.2. The van der Waals surface area contributed by atoms with E-state index in [4.69, 9.17) is 9.47 Å². The molecule has 0 aliphatic heterocycles. The van der Waals surface area contributed by atoms with Gasteiger partial charge in [-0.15, -0.1) is 0 Å². The number of ether oxygens (including phenoxy) is 2. The Labute approximate surface area is 183 Å². The first-order valence-corrected chi connectivity index (χ1v) is 10.7. The summed E-state index contributed by atoms with van der Waals surface area (Å²) in [4.78, 5) is 52.8. The third-order valence-corrected chi connectivity index (χ3v) is 6.51. The van der Waals surface area contributed by atoms with Crippen LogP contribution in [-0.2, 0) is 19.2 Å². The second kappa shape index (κ2) is 8.21. The first-order chi connectivity index (χ1) is 14.4. The molecule has 0 N–H and O–H groups in total. The topological polar surface area (TPSA) is 86.7 Å². The van der Waals surface area contributed by atoms with E-state index < -0.39 is 28.6 Å². The number of carbonyl (C=O) groups is 4. The number of Topliss-reactive ketones (excluding diaryl/α,β-unsaturated/α-hetero) is 4. The van der Waals surface area contributed by atoms with Crippen LogP contribution in [0.5, 0.6) is 11.5 Å². The van der Waals surface area contributed by atoms with Gasteiger partial charge in [0.2, 0.25) is 0 Å². The van der Waals surface area contributed by atoms with Crippen molar-refractivity contribution in [3.8, 4) is 11.5 Å². The molecule has 0 heterocycles. The molecule has 2 aliphatic rings. The number of hydrogen-bond acceptors (Lipinski definition) is 6. The zero-order valence-corrected chi connectivity index (χ0v) is 19.2. The molecule has 0 saturated heterocycles. The van der Waals surface area contributed by atoms with Crippen molar-refractivity contribution >= 4 is 23.1 Å². The third kappa shape index (κ3) is 4.58. The van der Waals surface area contributed by atoms with E-state index in [0.717, 1.165) is 0 Å². The molecule has 1 aromatic carbocycles. The van der Waals surface area contributed by atoms with Gasteiger partial charge in [0.05, 0.1) is 26.1 Å². The van der Waals surface area contributed by atoms with Crippen LogP contribution < -0.4 is 9.47 Å². The van der Waals surface area contributed by atoms with E-state index in [-0.39, 0.29) is 48.8 Å². The van der Waals surface area contributed by atoms with Crippen LogP contribution in [0.25, 0.3) is 0 Å². The molecule has 0 unspecified atom stereocenters. The highest BCUT2D eigenvalue weighted by Gasteiger charge is 2.52. The van der Waals surface area contributed by atoms with Crippen LogP contribution in [0.2, 0.25) is 0 Å². The van der Waals surface area contributed by atoms with Crippen molar-refractivity contribution in [3.05, 3.63) is 23.8 Å². The molecule has 2 aliphatic carbocycles. The first kappa shape index (κ1) is 23.2. The maximum Gasteiger partial charge on any atom is 0.160 e. The fraction of sp³-hybridized carbons (Fsp3) is 0.600. The predicted octanol–water partition coefficient (Wildman–Crippen LogP) is 3.94. The Morgan fingerprint density at radius 3 is 1.45 bits per heavy atom. The van der Waals surface area contributed by atoms with Gasteiger partial charge in [0.25, 0.3) is 0 Å². The minimum Gasteiger partial charge on any atom is -0.493 e. The summed E-state index contributed by atoms with van der Waals surface area (Å²) in [6, 6.07) is 5.10.